The number of nitrogens with one attached hydrogen (secondary N) is 1. The molecule has 4 nitrogen and oxygen atoms in total. The Labute approximate surface area is 116 Å². The van der Waals surface area contributed by atoms with E-state index in [4.69, 9.17) is 11.6 Å². The lowest BCUT2D eigenvalue weighted by atomic mass is 10.1. The number of carbonyl (C=O) groups is 1. The number of pyridine rings is 1. The van der Waals surface area contributed by atoms with Crippen LogP contribution in [0.3, 0.4) is 0 Å². The van der Waals surface area contributed by atoms with Crippen molar-refractivity contribution in [1.82, 2.24) is 4.98 Å². The van der Waals surface area contributed by atoms with Gasteiger partial charge in [-0.05, 0) is 29.8 Å². The molecule has 1 atom stereocenters. The first-order valence-electron chi connectivity index (χ1n) is 5.78. The first-order valence-corrected chi connectivity index (χ1v) is 6.16. The van der Waals surface area contributed by atoms with Gasteiger partial charge in [-0.1, -0.05) is 23.7 Å². The third-order valence-corrected chi connectivity index (χ3v) is 2.83. The van der Waals surface area contributed by atoms with Crippen LogP contribution in [0, 0.1) is 0 Å². The Hall–Kier alpha value is -1.91. The Morgan fingerprint density at radius 3 is 2.68 bits per heavy atom. The molecule has 1 aromatic heterocycles. The number of hydrogen-bond donors (Lipinski definition) is 2. The van der Waals surface area contributed by atoms with E-state index in [1.165, 1.54) is 0 Å². The zero-order valence-electron chi connectivity index (χ0n) is 10.1. The SMILES string of the molecule is O=C(CC(O)c1ccc(Cl)cc1)Nc1cccnc1. The van der Waals surface area contributed by atoms with E-state index in [0.29, 0.717) is 16.3 Å². The lowest BCUT2D eigenvalue weighted by Crippen LogP contribution is -2.15. The molecule has 1 heterocycles. The zero-order chi connectivity index (χ0) is 13.7. The summed E-state index contributed by atoms with van der Waals surface area (Å²) in [4.78, 5) is 15.6. The summed E-state index contributed by atoms with van der Waals surface area (Å²) in [6.07, 6.45) is 2.30. The maximum atomic E-state index is 11.7. The summed E-state index contributed by atoms with van der Waals surface area (Å²) in [6.45, 7) is 0. The normalized spacial score (nSPS) is 11.9. The molecule has 0 aliphatic carbocycles. The van der Waals surface area contributed by atoms with Crippen molar-refractivity contribution in [3.63, 3.8) is 0 Å². The Morgan fingerprint density at radius 2 is 2.05 bits per heavy atom. The molecule has 1 aromatic carbocycles. The first-order chi connectivity index (χ1) is 9.15. The minimum absolute atomic E-state index is 0.0173. The predicted molar refractivity (Wildman–Crippen MR) is 73.9 cm³/mol. The van der Waals surface area contributed by atoms with Crippen molar-refractivity contribution in [3.8, 4) is 0 Å². The third kappa shape index (κ3) is 4.05. The number of rotatable bonds is 4. The monoisotopic (exact) mass is 276 g/mol. The quantitative estimate of drug-likeness (QED) is 0.903. The molecule has 0 fully saturated rings. The van der Waals surface area contributed by atoms with Gasteiger partial charge in [-0.15, -0.1) is 0 Å². The maximum Gasteiger partial charge on any atom is 0.227 e. The minimum atomic E-state index is -0.853. The predicted octanol–water partition coefficient (Wildman–Crippen LogP) is 2.80. The average Bonchev–Trinajstić information content (AvgIpc) is 2.40. The van der Waals surface area contributed by atoms with Gasteiger partial charge in [-0.2, -0.15) is 0 Å². The largest absolute Gasteiger partial charge is 0.388 e. The third-order valence-electron chi connectivity index (χ3n) is 2.58. The number of aromatic nitrogens is 1. The molecule has 1 amide bonds. The molecule has 0 radical (unpaired) electrons. The molecule has 0 saturated heterocycles. The highest BCUT2D eigenvalue weighted by Gasteiger charge is 2.13. The molecule has 0 aliphatic rings. The van der Waals surface area contributed by atoms with Gasteiger partial charge in [-0.25, -0.2) is 0 Å². The Kier molecular flexibility index (Phi) is 4.49. The number of amides is 1. The second-order valence-corrected chi connectivity index (χ2v) is 4.50. The number of nitrogens with zero attached hydrogens (tertiary/aromatic N) is 1. The van der Waals surface area contributed by atoms with Crippen LogP contribution in [0.2, 0.25) is 5.02 Å². The fourth-order valence-electron chi connectivity index (χ4n) is 1.63. The van der Waals surface area contributed by atoms with Crippen molar-refractivity contribution in [3.05, 3.63) is 59.4 Å². The number of carbonyl (C=O) groups excluding carboxylic acids is 1. The van der Waals surface area contributed by atoms with Crippen molar-refractivity contribution in [2.24, 2.45) is 0 Å². The number of aliphatic hydroxyl groups excluding tert-OH is 1. The number of hydrogen-bond acceptors (Lipinski definition) is 3. The van der Waals surface area contributed by atoms with Gasteiger partial charge < -0.3 is 10.4 Å². The summed E-state index contributed by atoms with van der Waals surface area (Å²) >= 11 is 5.76. The van der Waals surface area contributed by atoms with Gasteiger partial charge in [0.25, 0.3) is 0 Å². The molecule has 0 saturated carbocycles. The minimum Gasteiger partial charge on any atom is -0.388 e. The van der Waals surface area contributed by atoms with Crippen LogP contribution < -0.4 is 5.32 Å². The Balaban J connectivity index is 1.93. The summed E-state index contributed by atoms with van der Waals surface area (Å²) < 4.78 is 0. The topological polar surface area (TPSA) is 62.2 Å². The second kappa shape index (κ2) is 6.31. The Morgan fingerprint density at radius 1 is 1.32 bits per heavy atom. The molecule has 19 heavy (non-hydrogen) atoms. The molecule has 2 rings (SSSR count). The van der Waals surface area contributed by atoms with Crippen LogP contribution in [-0.4, -0.2) is 16.0 Å². The van der Waals surface area contributed by atoms with E-state index in [-0.39, 0.29) is 12.3 Å². The number of halogens is 1. The summed E-state index contributed by atoms with van der Waals surface area (Å²) in [5.41, 5.74) is 1.27. The molecular formula is C14H13ClN2O2. The van der Waals surface area contributed by atoms with E-state index in [1.807, 2.05) is 0 Å². The summed E-state index contributed by atoms with van der Waals surface area (Å²) in [5, 5.41) is 13.2. The van der Waals surface area contributed by atoms with Crippen LogP contribution >= 0.6 is 11.6 Å². The number of anilines is 1. The second-order valence-electron chi connectivity index (χ2n) is 4.06. The highest BCUT2D eigenvalue weighted by Crippen LogP contribution is 2.19. The van der Waals surface area contributed by atoms with Gasteiger partial charge >= 0.3 is 0 Å². The summed E-state index contributed by atoms with van der Waals surface area (Å²) in [7, 11) is 0. The van der Waals surface area contributed by atoms with Gasteiger partial charge in [0.15, 0.2) is 0 Å². The molecule has 2 aromatic rings. The smallest absolute Gasteiger partial charge is 0.227 e. The summed E-state index contributed by atoms with van der Waals surface area (Å²) in [5.74, 6) is -0.268. The highest BCUT2D eigenvalue weighted by molar-refractivity contribution is 6.30. The fraction of sp³-hybridized carbons (Fsp3) is 0.143. The van der Waals surface area contributed by atoms with E-state index in [2.05, 4.69) is 10.3 Å². The van der Waals surface area contributed by atoms with Crippen molar-refractivity contribution < 1.29 is 9.90 Å². The lowest BCUT2D eigenvalue weighted by molar-refractivity contribution is -0.118. The molecule has 0 bridgehead atoms. The van der Waals surface area contributed by atoms with E-state index in [1.54, 1.807) is 48.8 Å². The van der Waals surface area contributed by atoms with Crippen LogP contribution in [0.5, 0.6) is 0 Å². The van der Waals surface area contributed by atoms with Crippen LogP contribution in [-0.2, 0) is 4.79 Å². The van der Waals surface area contributed by atoms with E-state index in [0.717, 1.165) is 0 Å². The van der Waals surface area contributed by atoms with Crippen LogP contribution in [0.1, 0.15) is 18.1 Å². The van der Waals surface area contributed by atoms with Crippen molar-refractivity contribution >= 4 is 23.2 Å². The average molecular weight is 277 g/mol. The van der Waals surface area contributed by atoms with Gasteiger partial charge in [0.05, 0.1) is 24.4 Å². The van der Waals surface area contributed by atoms with Crippen LogP contribution in [0.4, 0.5) is 5.69 Å². The van der Waals surface area contributed by atoms with E-state index in [9.17, 15) is 9.90 Å². The summed E-state index contributed by atoms with van der Waals surface area (Å²) in [6, 6.07) is 10.2. The van der Waals surface area contributed by atoms with Gasteiger partial charge in [-0.3, -0.25) is 9.78 Å². The van der Waals surface area contributed by atoms with E-state index >= 15 is 0 Å². The molecule has 5 heteroatoms. The number of aliphatic hydroxyl groups is 1. The van der Waals surface area contributed by atoms with Crippen molar-refractivity contribution in [2.75, 3.05) is 5.32 Å². The molecule has 0 spiro atoms. The maximum absolute atomic E-state index is 11.7. The number of benzene rings is 1. The molecule has 0 aliphatic heterocycles. The molecule has 1 unspecified atom stereocenters. The standard InChI is InChI=1S/C14H13ClN2O2/c15-11-5-3-10(4-6-11)13(18)8-14(19)17-12-2-1-7-16-9-12/h1-7,9,13,18H,8H2,(H,17,19). The van der Waals surface area contributed by atoms with Crippen LogP contribution in [0.25, 0.3) is 0 Å². The van der Waals surface area contributed by atoms with Gasteiger partial charge in [0.2, 0.25) is 5.91 Å². The lowest BCUT2D eigenvalue weighted by Gasteiger charge is -2.11. The van der Waals surface area contributed by atoms with E-state index < -0.39 is 6.10 Å². The van der Waals surface area contributed by atoms with Crippen molar-refractivity contribution in [2.45, 2.75) is 12.5 Å². The molecule has 98 valence electrons. The van der Waals surface area contributed by atoms with Crippen LogP contribution in [0.15, 0.2) is 48.8 Å². The zero-order valence-corrected chi connectivity index (χ0v) is 10.8. The Bertz CT molecular complexity index is 543. The molecule has 2 N–H and O–H groups in total. The first kappa shape index (κ1) is 13.5. The van der Waals surface area contributed by atoms with Crippen molar-refractivity contribution in [1.29, 1.82) is 0 Å². The highest BCUT2D eigenvalue weighted by atomic mass is 35.5. The van der Waals surface area contributed by atoms with Gasteiger partial charge in [0, 0.05) is 11.2 Å². The van der Waals surface area contributed by atoms with Gasteiger partial charge in [0.1, 0.15) is 0 Å². The fourth-order valence-corrected chi connectivity index (χ4v) is 1.75. The molecular weight excluding hydrogens is 264 g/mol.